The summed E-state index contributed by atoms with van der Waals surface area (Å²) >= 11 is 5.89. The molecule has 0 saturated carbocycles. The minimum Gasteiger partial charge on any atom is -0.398 e. The van der Waals surface area contributed by atoms with E-state index in [1.807, 2.05) is 6.07 Å². The molecule has 0 aliphatic rings. The van der Waals surface area contributed by atoms with Crippen LogP contribution in [0.5, 0.6) is 0 Å². The molecule has 0 bridgehead atoms. The lowest BCUT2D eigenvalue weighted by atomic mass is 10.1. The van der Waals surface area contributed by atoms with Crippen molar-refractivity contribution in [2.75, 3.05) is 11.1 Å². The predicted octanol–water partition coefficient (Wildman–Crippen LogP) is 3.80. The second kappa shape index (κ2) is 6.86. The Morgan fingerprint density at radius 1 is 1.26 bits per heavy atom. The lowest BCUT2D eigenvalue weighted by Crippen LogP contribution is -2.16. The van der Waals surface area contributed by atoms with Gasteiger partial charge in [0.1, 0.15) is 13.9 Å². The van der Waals surface area contributed by atoms with Crippen molar-refractivity contribution in [3.8, 4) is 11.5 Å². The molecular weight excluding hydrogens is 326 g/mol. The number of rotatable bonds is 2. The number of benzene rings is 1. The van der Waals surface area contributed by atoms with E-state index in [-0.39, 0.29) is 5.91 Å². The molecule has 0 aliphatic heterocycles. The van der Waals surface area contributed by atoms with Gasteiger partial charge in [0.2, 0.25) is 0 Å². The lowest BCUT2D eigenvalue weighted by Gasteiger charge is -2.07. The van der Waals surface area contributed by atoms with Crippen LogP contribution >= 0.6 is 11.6 Å². The summed E-state index contributed by atoms with van der Waals surface area (Å²) in [6, 6.07) is 8.31. The van der Waals surface area contributed by atoms with Crippen molar-refractivity contribution in [1.82, 2.24) is 4.98 Å². The largest absolute Gasteiger partial charge is 0.398 e. The van der Waals surface area contributed by atoms with E-state index >= 15 is 0 Å². The number of hydrogen-bond acceptors (Lipinski definition) is 3. The molecule has 1 amide bonds. The first kappa shape index (κ1) is 17.1. The quantitative estimate of drug-likeness (QED) is 0.495. The van der Waals surface area contributed by atoms with Crippen molar-refractivity contribution in [3.05, 3.63) is 52.7 Å². The third-order valence-corrected chi connectivity index (χ3v) is 3.96. The lowest BCUT2D eigenvalue weighted by molar-refractivity contribution is 0.102. The molecular formula is C17H18ClN3OSi. The number of hydrogen-bond donors (Lipinski definition) is 2. The van der Waals surface area contributed by atoms with Crippen LogP contribution in [0.4, 0.5) is 11.5 Å². The number of halogens is 1. The van der Waals surface area contributed by atoms with Gasteiger partial charge in [0.15, 0.2) is 0 Å². The molecule has 1 aromatic carbocycles. The molecule has 118 valence electrons. The Labute approximate surface area is 142 Å². The van der Waals surface area contributed by atoms with E-state index < -0.39 is 8.07 Å². The smallest absolute Gasteiger partial charge is 0.258 e. The topological polar surface area (TPSA) is 68.0 Å². The first-order chi connectivity index (χ1) is 10.7. The number of nitrogens with zero attached hydrogens (tertiary/aromatic N) is 1. The van der Waals surface area contributed by atoms with Gasteiger partial charge in [-0.1, -0.05) is 37.2 Å². The van der Waals surface area contributed by atoms with Crippen molar-refractivity contribution < 1.29 is 4.79 Å². The first-order valence-electron chi connectivity index (χ1n) is 7.10. The number of nitrogens with two attached hydrogens (primary N) is 1. The number of carbonyl (C=O) groups is 1. The molecule has 4 nitrogen and oxygen atoms in total. The second-order valence-electron chi connectivity index (χ2n) is 6.12. The van der Waals surface area contributed by atoms with Gasteiger partial charge in [0.25, 0.3) is 5.91 Å². The van der Waals surface area contributed by atoms with Crippen molar-refractivity contribution in [1.29, 1.82) is 0 Å². The Bertz CT molecular complexity index is 786. The maximum Gasteiger partial charge on any atom is 0.258 e. The SMILES string of the molecule is C[Si](C)(C)C#Cc1ccc(NC(=O)c2cc(Cl)ccc2N)nc1. The molecule has 1 heterocycles. The monoisotopic (exact) mass is 343 g/mol. The zero-order chi connectivity index (χ0) is 17.0. The van der Waals surface area contributed by atoms with Crippen LogP contribution in [0.15, 0.2) is 36.5 Å². The minimum absolute atomic E-state index is 0.321. The Balaban J connectivity index is 2.13. The number of nitrogen functional groups attached to an aromatic ring is 1. The fourth-order valence-corrected chi connectivity index (χ4v) is 2.40. The van der Waals surface area contributed by atoms with Crippen LogP contribution in [0.3, 0.4) is 0 Å². The standard InChI is InChI=1S/C17H18ClN3OSi/c1-23(2,3)9-8-12-4-7-16(20-11-12)21-17(22)14-10-13(18)5-6-15(14)19/h4-7,10-11H,19H2,1-3H3,(H,20,21,22). The summed E-state index contributed by atoms with van der Waals surface area (Å²) in [5.74, 6) is 3.20. The summed E-state index contributed by atoms with van der Waals surface area (Å²) in [6.45, 7) is 6.53. The van der Waals surface area contributed by atoms with Crippen molar-refractivity contribution in [2.45, 2.75) is 19.6 Å². The highest BCUT2D eigenvalue weighted by Crippen LogP contribution is 2.19. The maximum absolute atomic E-state index is 12.2. The van der Waals surface area contributed by atoms with Gasteiger partial charge in [-0.25, -0.2) is 4.98 Å². The highest BCUT2D eigenvalue weighted by atomic mass is 35.5. The predicted molar refractivity (Wildman–Crippen MR) is 98.3 cm³/mol. The average Bonchev–Trinajstić information content (AvgIpc) is 2.48. The molecule has 0 unspecified atom stereocenters. The Morgan fingerprint density at radius 2 is 2.00 bits per heavy atom. The van der Waals surface area contributed by atoms with Crippen LogP contribution < -0.4 is 11.1 Å². The molecule has 2 rings (SSSR count). The van der Waals surface area contributed by atoms with Crippen LogP contribution in [-0.2, 0) is 0 Å². The molecule has 1 aromatic heterocycles. The number of aromatic nitrogens is 1. The number of carbonyl (C=O) groups excluding carboxylic acids is 1. The zero-order valence-corrected chi connectivity index (χ0v) is 15.0. The Morgan fingerprint density at radius 3 is 2.61 bits per heavy atom. The number of anilines is 2. The second-order valence-corrected chi connectivity index (χ2v) is 11.3. The molecule has 6 heteroatoms. The summed E-state index contributed by atoms with van der Waals surface area (Å²) in [4.78, 5) is 16.4. The van der Waals surface area contributed by atoms with Crippen LogP contribution in [0.1, 0.15) is 15.9 Å². The van der Waals surface area contributed by atoms with Crippen molar-refractivity contribution >= 4 is 37.1 Å². The first-order valence-corrected chi connectivity index (χ1v) is 11.0. The van der Waals surface area contributed by atoms with Gasteiger partial charge >= 0.3 is 0 Å². The summed E-state index contributed by atoms with van der Waals surface area (Å²) in [5.41, 5.74) is 10.6. The molecule has 0 radical (unpaired) electrons. The van der Waals surface area contributed by atoms with E-state index in [9.17, 15) is 4.79 Å². The Kier molecular flexibility index (Phi) is 5.09. The summed E-state index contributed by atoms with van der Waals surface area (Å²) in [5, 5.41) is 3.15. The number of pyridine rings is 1. The summed E-state index contributed by atoms with van der Waals surface area (Å²) in [7, 11) is -1.42. The molecule has 2 aromatic rings. The molecule has 0 saturated heterocycles. The third-order valence-electron chi connectivity index (χ3n) is 2.85. The van der Waals surface area contributed by atoms with Crippen LogP contribution in [0.25, 0.3) is 0 Å². The highest BCUT2D eigenvalue weighted by Gasteiger charge is 2.11. The number of nitrogens with one attached hydrogen (secondary N) is 1. The van der Waals surface area contributed by atoms with Crippen LogP contribution in [0.2, 0.25) is 24.7 Å². The Hall–Kier alpha value is -2.29. The van der Waals surface area contributed by atoms with E-state index in [0.717, 1.165) is 5.56 Å². The van der Waals surface area contributed by atoms with Crippen LogP contribution in [-0.4, -0.2) is 19.0 Å². The molecule has 3 N–H and O–H groups in total. The number of amides is 1. The van der Waals surface area contributed by atoms with Gasteiger partial charge < -0.3 is 11.1 Å². The van der Waals surface area contributed by atoms with Gasteiger partial charge in [-0.2, -0.15) is 0 Å². The van der Waals surface area contributed by atoms with Gasteiger partial charge in [-0.15, -0.1) is 5.54 Å². The highest BCUT2D eigenvalue weighted by molar-refractivity contribution is 6.83. The summed E-state index contributed by atoms with van der Waals surface area (Å²) in [6.07, 6.45) is 1.64. The summed E-state index contributed by atoms with van der Waals surface area (Å²) < 4.78 is 0. The molecule has 0 aliphatic carbocycles. The maximum atomic E-state index is 12.2. The van der Waals surface area contributed by atoms with E-state index in [2.05, 4.69) is 41.4 Å². The van der Waals surface area contributed by atoms with Crippen molar-refractivity contribution in [2.24, 2.45) is 0 Å². The molecule has 0 fully saturated rings. The zero-order valence-electron chi connectivity index (χ0n) is 13.3. The average molecular weight is 344 g/mol. The normalized spacial score (nSPS) is 10.6. The third kappa shape index (κ3) is 5.13. The molecule has 0 atom stereocenters. The minimum atomic E-state index is -1.42. The van der Waals surface area contributed by atoms with Gasteiger partial charge in [0, 0.05) is 22.5 Å². The van der Waals surface area contributed by atoms with E-state index in [4.69, 9.17) is 17.3 Å². The fraction of sp³-hybridized carbons (Fsp3) is 0.176. The fourth-order valence-electron chi connectivity index (χ4n) is 1.71. The van der Waals surface area contributed by atoms with E-state index in [0.29, 0.717) is 22.1 Å². The van der Waals surface area contributed by atoms with Gasteiger partial charge in [0.05, 0.1) is 5.56 Å². The van der Waals surface area contributed by atoms with Crippen LogP contribution in [0, 0.1) is 11.5 Å². The molecule has 23 heavy (non-hydrogen) atoms. The van der Waals surface area contributed by atoms with Gasteiger partial charge in [-0.05, 0) is 30.3 Å². The van der Waals surface area contributed by atoms with E-state index in [1.54, 1.807) is 24.4 Å². The molecule has 0 spiro atoms. The van der Waals surface area contributed by atoms with E-state index in [1.165, 1.54) is 6.07 Å². The van der Waals surface area contributed by atoms with Gasteiger partial charge in [-0.3, -0.25) is 4.79 Å². The van der Waals surface area contributed by atoms with Crippen molar-refractivity contribution in [3.63, 3.8) is 0 Å².